The van der Waals surface area contributed by atoms with Gasteiger partial charge in [0.1, 0.15) is 0 Å². The fourth-order valence-corrected chi connectivity index (χ4v) is 2.43. The standard InChI is InChI=1S/C14H26N4S/c1-4-6-7-8-9-16-14(15-5-2)17-10-13-12(3)18-11-19-13/h11H,4-10H2,1-3H3,(H2,15,16,17). The molecule has 0 spiro atoms. The molecule has 0 saturated carbocycles. The van der Waals surface area contributed by atoms with Crippen molar-refractivity contribution in [1.29, 1.82) is 0 Å². The first-order valence-electron chi connectivity index (χ1n) is 7.19. The smallest absolute Gasteiger partial charge is 0.191 e. The van der Waals surface area contributed by atoms with E-state index in [0.717, 1.165) is 24.7 Å². The Bertz CT molecular complexity index is 373. The van der Waals surface area contributed by atoms with Gasteiger partial charge < -0.3 is 10.6 Å². The lowest BCUT2D eigenvalue weighted by molar-refractivity contribution is 0.647. The Morgan fingerprint density at radius 3 is 2.74 bits per heavy atom. The molecule has 1 rings (SSSR count). The molecule has 4 nitrogen and oxygen atoms in total. The van der Waals surface area contributed by atoms with E-state index in [9.17, 15) is 0 Å². The Balaban J connectivity index is 2.36. The van der Waals surface area contributed by atoms with E-state index in [1.165, 1.54) is 30.6 Å². The lowest BCUT2D eigenvalue weighted by atomic mass is 10.2. The van der Waals surface area contributed by atoms with Gasteiger partial charge in [-0.1, -0.05) is 26.2 Å². The summed E-state index contributed by atoms with van der Waals surface area (Å²) in [6, 6.07) is 0. The summed E-state index contributed by atoms with van der Waals surface area (Å²) in [5.74, 6) is 0.909. The lowest BCUT2D eigenvalue weighted by Crippen LogP contribution is -2.37. The van der Waals surface area contributed by atoms with Crippen LogP contribution in [-0.4, -0.2) is 24.0 Å². The van der Waals surface area contributed by atoms with Gasteiger partial charge >= 0.3 is 0 Å². The number of aliphatic imine (C=N–C) groups is 1. The molecule has 0 bridgehead atoms. The van der Waals surface area contributed by atoms with Crippen LogP contribution in [-0.2, 0) is 6.54 Å². The highest BCUT2D eigenvalue weighted by atomic mass is 32.1. The average Bonchev–Trinajstić information content (AvgIpc) is 2.81. The van der Waals surface area contributed by atoms with E-state index in [0.29, 0.717) is 6.54 Å². The molecular formula is C14H26N4S. The van der Waals surface area contributed by atoms with Gasteiger partial charge in [0.05, 0.1) is 17.7 Å². The fourth-order valence-electron chi connectivity index (χ4n) is 1.73. The molecule has 0 saturated heterocycles. The summed E-state index contributed by atoms with van der Waals surface area (Å²) < 4.78 is 0. The minimum absolute atomic E-state index is 0.709. The zero-order chi connectivity index (χ0) is 13.9. The molecular weight excluding hydrogens is 256 g/mol. The molecule has 19 heavy (non-hydrogen) atoms. The van der Waals surface area contributed by atoms with Crippen LogP contribution in [0.1, 0.15) is 50.1 Å². The summed E-state index contributed by atoms with van der Waals surface area (Å²) in [7, 11) is 0. The summed E-state index contributed by atoms with van der Waals surface area (Å²) in [6.45, 7) is 8.95. The molecule has 108 valence electrons. The Morgan fingerprint density at radius 2 is 2.11 bits per heavy atom. The number of aryl methyl sites for hydroxylation is 1. The summed E-state index contributed by atoms with van der Waals surface area (Å²) in [6.07, 6.45) is 5.09. The molecule has 1 aromatic rings. The van der Waals surface area contributed by atoms with Crippen LogP contribution in [0.3, 0.4) is 0 Å². The first-order chi connectivity index (χ1) is 9.27. The summed E-state index contributed by atoms with van der Waals surface area (Å²) in [5.41, 5.74) is 2.97. The summed E-state index contributed by atoms with van der Waals surface area (Å²) in [5, 5.41) is 6.66. The van der Waals surface area contributed by atoms with Crippen LogP contribution >= 0.6 is 11.3 Å². The van der Waals surface area contributed by atoms with Gasteiger partial charge in [0.2, 0.25) is 0 Å². The van der Waals surface area contributed by atoms with Crippen molar-refractivity contribution in [3.8, 4) is 0 Å². The van der Waals surface area contributed by atoms with Gasteiger partial charge in [-0.15, -0.1) is 11.3 Å². The van der Waals surface area contributed by atoms with E-state index < -0.39 is 0 Å². The van der Waals surface area contributed by atoms with E-state index in [2.05, 4.69) is 34.5 Å². The van der Waals surface area contributed by atoms with Crippen molar-refractivity contribution in [1.82, 2.24) is 15.6 Å². The Morgan fingerprint density at radius 1 is 1.26 bits per heavy atom. The second-order valence-corrected chi connectivity index (χ2v) is 5.48. The zero-order valence-corrected chi connectivity index (χ0v) is 13.1. The molecule has 5 heteroatoms. The summed E-state index contributed by atoms with van der Waals surface area (Å²) >= 11 is 1.67. The van der Waals surface area contributed by atoms with Crippen LogP contribution in [0.4, 0.5) is 0 Å². The minimum atomic E-state index is 0.709. The number of aromatic nitrogens is 1. The molecule has 0 aromatic carbocycles. The van der Waals surface area contributed by atoms with E-state index in [4.69, 9.17) is 0 Å². The SMILES string of the molecule is CCCCCCNC(=NCc1scnc1C)NCC. The minimum Gasteiger partial charge on any atom is -0.357 e. The maximum absolute atomic E-state index is 4.60. The predicted octanol–water partition coefficient (Wildman–Crippen LogP) is 3.09. The zero-order valence-electron chi connectivity index (χ0n) is 12.3. The van der Waals surface area contributed by atoms with Gasteiger partial charge in [-0.25, -0.2) is 9.98 Å². The Hall–Kier alpha value is -1.10. The van der Waals surface area contributed by atoms with Gasteiger partial charge in [0.15, 0.2) is 5.96 Å². The highest BCUT2D eigenvalue weighted by Gasteiger charge is 2.01. The van der Waals surface area contributed by atoms with Gasteiger partial charge in [0, 0.05) is 18.0 Å². The van der Waals surface area contributed by atoms with Crippen molar-refractivity contribution < 1.29 is 0 Å². The lowest BCUT2D eigenvalue weighted by Gasteiger charge is -2.10. The molecule has 2 N–H and O–H groups in total. The molecule has 1 heterocycles. The predicted molar refractivity (Wildman–Crippen MR) is 83.8 cm³/mol. The molecule has 0 aliphatic carbocycles. The third-order valence-corrected chi connectivity index (χ3v) is 3.81. The molecule has 0 amide bonds. The molecule has 0 aliphatic rings. The van der Waals surface area contributed by atoms with Crippen LogP contribution in [0, 0.1) is 6.92 Å². The van der Waals surface area contributed by atoms with E-state index >= 15 is 0 Å². The van der Waals surface area contributed by atoms with Crippen molar-refractivity contribution in [2.75, 3.05) is 13.1 Å². The van der Waals surface area contributed by atoms with Gasteiger partial charge in [-0.2, -0.15) is 0 Å². The van der Waals surface area contributed by atoms with E-state index in [-0.39, 0.29) is 0 Å². The molecule has 0 radical (unpaired) electrons. The second-order valence-electron chi connectivity index (χ2n) is 4.54. The normalized spacial score (nSPS) is 11.6. The number of hydrogen-bond donors (Lipinski definition) is 2. The average molecular weight is 282 g/mol. The Kier molecular flexibility index (Phi) is 8.21. The van der Waals surface area contributed by atoms with Crippen LogP contribution < -0.4 is 10.6 Å². The van der Waals surface area contributed by atoms with Crippen LogP contribution in [0.25, 0.3) is 0 Å². The largest absolute Gasteiger partial charge is 0.357 e. The highest BCUT2D eigenvalue weighted by molar-refractivity contribution is 7.09. The van der Waals surface area contributed by atoms with Crippen LogP contribution in [0.5, 0.6) is 0 Å². The number of thiazole rings is 1. The van der Waals surface area contributed by atoms with Crippen molar-refractivity contribution in [2.24, 2.45) is 4.99 Å². The first kappa shape index (κ1) is 16.0. The van der Waals surface area contributed by atoms with Crippen molar-refractivity contribution in [2.45, 2.75) is 53.0 Å². The number of hydrogen-bond acceptors (Lipinski definition) is 3. The van der Waals surface area contributed by atoms with Crippen LogP contribution in [0.15, 0.2) is 10.5 Å². The second kappa shape index (κ2) is 9.78. The van der Waals surface area contributed by atoms with Crippen molar-refractivity contribution in [3.63, 3.8) is 0 Å². The number of nitrogens with one attached hydrogen (secondary N) is 2. The monoisotopic (exact) mass is 282 g/mol. The van der Waals surface area contributed by atoms with Crippen molar-refractivity contribution >= 4 is 17.3 Å². The molecule has 0 fully saturated rings. The number of unbranched alkanes of at least 4 members (excludes halogenated alkanes) is 3. The molecule has 0 aliphatic heterocycles. The number of nitrogens with zero attached hydrogens (tertiary/aromatic N) is 2. The van der Waals surface area contributed by atoms with Gasteiger partial charge in [-0.05, 0) is 20.3 Å². The molecule has 0 atom stereocenters. The maximum atomic E-state index is 4.60. The third-order valence-electron chi connectivity index (χ3n) is 2.89. The van der Waals surface area contributed by atoms with Crippen molar-refractivity contribution in [3.05, 3.63) is 16.1 Å². The van der Waals surface area contributed by atoms with Gasteiger partial charge in [-0.3, -0.25) is 0 Å². The molecule has 0 unspecified atom stereocenters. The number of rotatable bonds is 8. The van der Waals surface area contributed by atoms with Gasteiger partial charge in [0.25, 0.3) is 0 Å². The van der Waals surface area contributed by atoms with E-state index in [1.54, 1.807) is 11.3 Å². The summed E-state index contributed by atoms with van der Waals surface area (Å²) in [4.78, 5) is 10.1. The fraction of sp³-hybridized carbons (Fsp3) is 0.714. The van der Waals surface area contributed by atoms with Crippen LogP contribution in [0.2, 0.25) is 0 Å². The first-order valence-corrected chi connectivity index (χ1v) is 8.07. The van der Waals surface area contributed by atoms with E-state index in [1.807, 2.05) is 12.4 Å². The highest BCUT2D eigenvalue weighted by Crippen LogP contribution is 2.12. The maximum Gasteiger partial charge on any atom is 0.191 e. The third kappa shape index (κ3) is 6.57. The topological polar surface area (TPSA) is 49.3 Å². The number of guanidine groups is 1. The quantitative estimate of drug-likeness (QED) is 0.437. The Labute approximate surface area is 120 Å². The molecule has 1 aromatic heterocycles.